The smallest absolute Gasteiger partial charge is 0.244 e. The number of hydrogen-bond donors (Lipinski definition) is 1. The van der Waals surface area contributed by atoms with Gasteiger partial charge in [0.2, 0.25) is 0 Å². The van der Waals surface area contributed by atoms with Crippen molar-refractivity contribution in [1.29, 1.82) is 0 Å². The standard InChI is InChI=1S/C24H21N5/c1-17-13-15-19(16-14-17)18(2)26-28-24-25-22(20-9-5-3-6-10-20)23(27-29-24)21-11-7-4-8-12-21/h3-16H,1-2H3,(H,25,28,29). The summed E-state index contributed by atoms with van der Waals surface area (Å²) in [6.07, 6.45) is 0. The molecule has 0 saturated carbocycles. The van der Waals surface area contributed by atoms with Gasteiger partial charge in [-0.2, -0.15) is 5.10 Å². The zero-order chi connectivity index (χ0) is 20.1. The highest BCUT2D eigenvalue weighted by Gasteiger charge is 2.13. The van der Waals surface area contributed by atoms with E-state index in [9.17, 15) is 0 Å². The highest BCUT2D eigenvalue weighted by atomic mass is 15.4. The average molecular weight is 379 g/mol. The molecule has 0 saturated heterocycles. The van der Waals surface area contributed by atoms with Crippen LogP contribution in [0.4, 0.5) is 5.95 Å². The van der Waals surface area contributed by atoms with E-state index < -0.39 is 0 Å². The third-order valence-corrected chi connectivity index (χ3v) is 4.57. The van der Waals surface area contributed by atoms with Gasteiger partial charge in [0.05, 0.1) is 5.71 Å². The monoisotopic (exact) mass is 379 g/mol. The van der Waals surface area contributed by atoms with Crippen molar-refractivity contribution in [3.05, 3.63) is 96.1 Å². The molecule has 4 rings (SSSR count). The summed E-state index contributed by atoms with van der Waals surface area (Å²) < 4.78 is 0. The molecule has 3 aromatic carbocycles. The van der Waals surface area contributed by atoms with Crippen LogP contribution in [0.3, 0.4) is 0 Å². The number of aromatic nitrogens is 3. The largest absolute Gasteiger partial charge is 0.263 e. The summed E-state index contributed by atoms with van der Waals surface area (Å²) >= 11 is 0. The zero-order valence-electron chi connectivity index (χ0n) is 16.4. The van der Waals surface area contributed by atoms with Crippen LogP contribution in [0.5, 0.6) is 0 Å². The Balaban J connectivity index is 1.68. The van der Waals surface area contributed by atoms with Crippen molar-refractivity contribution in [2.75, 3.05) is 5.43 Å². The van der Waals surface area contributed by atoms with Gasteiger partial charge < -0.3 is 0 Å². The van der Waals surface area contributed by atoms with Crippen molar-refractivity contribution >= 4 is 11.7 Å². The summed E-state index contributed by atoms with van der Waals surface area (Å²) in [5.41, 5.74) is 9.50. The first-order chi connectivity index (χ1) is 14.2. The molecular weight excluding hydrogens is 358 g/mol. The number of rotatable bonds is 5. The van der Waals surface area contributed by atoms with Gasteiger partial charge in [0.15, 0.2) is 0 Å². The lowest BCUT2D eigenvalue weighted by molar-refractivity contribution is 0.972. The van der Waals surface area contributed by atoms with Gasteiger partial charge in [-0.05, 0) is 19.4 Å². The quantitative estimate of drug-likeness (QED) is 0.375. The van der Waals surface area contributed by atoms with E-state index in [1.165, 1.54) is 5.56 Å². The Labute approximate surface area is 170 Å². The highest BCUT2D eigenvalue weighted by molar-refractivity contribution is 5.99. The van der Waals surface area contributed by atoms with Crippen LogP contribution in [0.2, 0.25) is 0 Å². The molecule has 5 nitrogen and oxygen atoms in total. The molecule has 1 N–H and O–H groups in total. The van der Waals surface area contributed by atoms with E-state index in [2.05, 4.69) is 39.8 Å². The average Bonchev–Trinajstić information content (AvgIpc) is 2.79. The summed E-state index contributed by atoms with van der Waals surface area (Å²) in [6, 6.07) is 28.1. The van der Waals surface area contributed by atoms with Gasteiger partial charge in [-0.25, -0.2) is 10.4 Å². The van der Waals surface area contributed by atoms with Crippen LogP contribution in [0.25, 0.3) is 22.5 Å². The SMILES string of the molecule is CC(=NNc1nnc(-c2ccccc2)c(-c2ccccc2)n1)c1ccc(C)cc1. The van der Waals surface area contributed by atoms with E-state index in [0.29, 0.717) is 5.95 Å². The third-order valence-electron chi connectivity index (χ3n) is 4.57. The van der Waals surface area contributed by atoms with Crippen LogP contribution in [0, 0.1) is 6.92 Å². The number of hydrogen-bond acceptors (Lipinski definition) is 5. The minimum Gasteiger partial charge on any atom is -0.244 e. The maximum absolute atomic E-state index is 4.71. The van der Waals surface area contributed by atoms with Crippen molar-refractivity contribution in [2.24, 2.45) is 5.10 Å². The lowest BCUT2D eigenvalue weighted by atomic mass is 10.0. The molecule has 1 aromatic heterocycles. The molecule has 0 aliphatic rings. The van der Waals surface area contributed by atoms with E-state index in [1.807, 2.05) is 79.7 Å². The fourth-order valence-corrected chi connectivity index (χ4v) is 2.95. The second kappa shape index (κ2) is 8.44. The summed E-state index contributed by atoms with van der Waals surface area (Å²) in [5, 5.41) is 13.1. The van der Waals surface area contributed by atoms with Crippen LogP contribution >= 0.6 is 0 Å². The van der Waals surface area contributed by atoms with Gasteiger partial charge in [0, 0.05) is 11.1 Å². The lowest BCUT2D eigenvalue weighted by Gasteiger charge is -2.09. The number of aryl methyl sites for hydroxylation is 1. The Hall–Kier alpha value is -3.86. The third kappa shape index (κ3) is 4.35. The molecule has 0 aliphatic heterocycles. The Morgan fingerprint density at radius 2 is 1.31 bits per heavy atom. The normalized spacial score (nSPS) is 11.3. The molecule has 0 atom stereocenters. The zero-order valence-corrected chi connectivity index (χ0v) is 16.4. The van der Waals surface area contributed by atoms with E-state index in [-0.39, 0.29) is 0 Å². The number of hydrazone groups is 1. The predicted molar refractivity (Wildman–Crippen MR) is 118 cm³/mol. The van der Waals surface area contributed by atoms with Crippen molar-refractivity contribution in [1.82, 2.24) is 15.2 Å². The fraction of sp³-hybridized carbons (Fsp3) is 0.0833. The van der Waals surface area contributed by atoms with Crippen LogP contribution in [-0.2, 0) is 0 Å². The van der Waals surface area contributed by atoms with Gasteiger partial charge in [0.25, 0.3) is 5.95 Å². The van der Waals surface area contributed by atoms with Crippen LogP contribution < -0.4 is 5.43 Å². The maximum atomic E-state index is 4.71. The topological polar surface area (TPSA) is 63.1 Å². The molecular formula is C24H21N5. The Bertz CT molecular complexity index is 1120. The number of benzene rings is 3. The lowest BCUT2D eigenvalue weighted by Crippen LogP contribution is -2.05. The molecule has 0 radical (unpaired) electrons. The molecule has 5 heteroatoms. The Kier molecular flexibility index (Phi) is 5.38. The minimum atomic E-state index is 0.356. The number of nitrogens with zero attached hydrogens (tertiary/aromatic N) is 4. The predicted octanol–water partition coefficient (Wildman–Crippen LogP) is 5.35. The van der Waals surface area contributed by atoms with E-state index in [0.717, 1.165) is 33.8 Å². The van der Waals surface area contributed by atoms with Gasteiger partial charge in [-0.15, -0.1) is 10.2 Å². The fourth-order valence-electron chi connectivity index (χ4n) is 2.95. The maximum Gasteiger partial charge on any atom is 0.263 e. The molecule has 29 heavy (non-hydrogen) atoms. The van der Waals surface area contributed by atoms with Crippen LogP contribution in [0.1, 0.15) is 18.1 Å². The van der Waals surface area contributed by atoms with E-state index in [1.54, 1.807) is 0 Å². The van der Waals surface area contributed by atoms with Gasteiger partial charge in [-0.3, -0.25) is 0 Å². The number of nitrogens with one attached hydrogen (secondary N) is 1. The molecule has 0 unspecified atom stereocenters. The molecule has 0 aliphatic carbocycles. The molecule has 0 fully saturated rings. The molecule has 0 bridgehead atoms. The van der Waals surface area contributed by atoms with Crippen molar-refractivity contribution in [2.45, 2.75) is 13.8 Å². The number of anilines is 1. The van der Waals surface area contributed by atoms with Gasteiger partial charge >= 0.3 is 0 Å². The first-order valence-corrected chi connectivity index (χ1v) is 9.43. The Morgan fingerprint density at radius 1 is 0.724 bits per heavy atom. The van der Waals surface area contributed by atoms with E-state index in [4.69, 9.17) is 4.98 Å². The molecule has 0 spiro atoms. The second-order valence-corrected chi connectivity index (χ2v) is 6.74. The second-order valence-electron chi connectivity index (χ2n) is 6.74. The summed E-state index contributed by atoms with van der Waals surface area (Å²) in [4.78, 5) is 4.71. The Morgan fingerprint density at radius 3 is 1.93 bits per heavy atom. The van der Waals surface area contributed by atoms with Crippen molar-refractivity contribution in [3.63, 3.8) is 0 Å². The minimum absolute atomic E-state index is 0.356. The van der Waals surface area contributed by atoms with E-state index >= 15 is 0 Å². The summed E-state index contributed by atoms with van der Waals surface area (Å²) in [6.45, 7) is 4.01. The van der Waals surface area contributed by atoms with Crippen LogP contribution in [-0.4, -0.2) is 20.9 Å². The van der Waals surface area contributed by atoms with Crippen molar-refractivity contribution < 1.29 is 0 Å². The molecule has 142 valence electrons. The van der Waals surface area contributed by atoms with Gasteiger partial charge in [0.1, 0.15) is 11.4 Å². The molecule has 4 aromatic rings. The highest BCUT2D eigenvalue weighted by Crippen LogP contribution is 2.28. The first kappa shape index (κ1) is 18.5. The molecule has 1 heterocycles. The van der Waals surface area contributed by atoms with Crippen molar-refractivity contribution in [3.8, 4) is 22.5 Å². The summed E-state index contributed by atoms with van der Waals surface area (Å²) in [5.74, 6) is 0.356. The van der Waals surface area contributed by atoms with Crippen LogP contribution in [0.15, 0.2) is 90.0 Å². The summed E-state index contributed by atoms with van der Waals surface area (Å²) in [7, 11) is 0. The van der Waals surface area contributed by atoms with Gasteiger partial charge in [-0.1, -0.05) is 90.5 Å². The molecule has 0 amide bonds. The first-order valence-electron chi connectivity index (χ1n) is 9.43.